The maximum atomic E-state index is 14.9. The van der Waals surface area contributed by atoms with Crippen molar-refractivity contribution in [1.29, 1.82) is 0 Å². The minimum atomic E-state index is -2.63. The topological polar surface area (TPSA) is 165 Å². The Labute approximate surface area is 123 Å². The number of anilines is 2. The highest BCUT2D eigenvalue weighted by Gasteiger charge is 2.66. The number of rotatable bonds is 2. The van der Waals surface area contributed by atoms with Crippen LogP contribution in [-0.2, 0) is 10.5 Å². The summed E-state index contributed by atoms with van der Waals surface area (Å²) in [6.45, 7) is 0.264. The molecule has 11 heteroatoms. The molecule has 0 saturated carbocycles. The van der Waals surface area contributed by atoms with Crippen molar-refractivity contribution in [2.75, 3.05) is 18.1 Å². The Hall–Kier alpha value is -2.08. The lowest BCUT2D eigenvalue weighted by Gasteiger charge is -2.31. The van der Waals surface area contributed by atoms with Crippen molar-refractivity contribution in [3.05, 3.63) is 11.9 Å². The van der Waals surface area contributed by atoms with Gasteiger partial charge < -0.3 is 31.5 Å². The average molecular weight is 314 g/mol. The van der Waals surface area contributed by atoms with Crippen LogP contribution in [0, 0.1) is 0 Å². The van der Waals surface area contributed by atoms with Gasteiger partial charge in [-0.05, 0) is 6.92 Å². The molecule has 22 heavy (non-hydrogen) atoms. The van der Waals surface area contributed by atoms with E-state index >= 15 is 0 Å². The molecule has 0 aromatic carbocycles. The first kappa shape index (κ1) is 14.8. The van der Waals surface area contributed by atoms with Crippen LogP contribution in [0.25, 0.3) is 5.65 Å². The van der Waals surface area contributed by atoms with Gasteiger partial charge in [-0.3, -0.25) is 0 Å². The molecule has 1 aliphatic rings. The molecule has 1 fully saturated rings. The molecule has 3 heterocycles. The Kier molecular flexibility index (Phi) is 3.01. The van der Waals surface area contributed by atoms with Crippen LogP contribution >= 0.6 is 0 Å². The zero-order valence-corrected chi connectivity index (χ0v) is 11.5. The van der Waals surface area contributed by atoms with Gasteiger partial charge >= 0.3 is 0 Å². The van der Waals surface area contributed by atoms with E-state index in [0.29, 0.717) is 0 Å². The minimum absolute atomic E-state index is 0.0407. The molecule has 7 N–H and O–H groups in total. The van der Waals surface area contributed by atoms with Gasteiger partial charge in [0, 0.05) is 0 Å². The number of hydrogen-bond acceptors (Lipinski definition) is 9. The van der Waals surface area contributed by atoms with Gasteiger partial charge in [-0.2, -0.15) is 4.98 Å². The standard InChI is InChI=1S/C11H15FN6O4/c1-10(12)6(20)4(3-19)22-11(10,21)5-2-15-8-7(13)16-9(14)17-18(5)8/h2,4,6,19-21H,3H2,1H3,(H4,13,14,16,17)/t4-,6-,10-,11+/m1/s1. The van der Waals surface area contributed by atoms with Crippen molar-refractivity contribution >= 4 is 17.4 Å². The highest BCUT2D eigenvalue weighted by Crippen LogP contribution is 2.47. The van der Waals surface area contributed by atoms with Crippen LogP contribution < -0.4 is 11.5 Å². The van der Waals surface area contributed by atoms with Gasteiger partial charge in [0.25, 0.3) is 0 Å². The van der Waals surface area contributed by atoms with Gasteiger partial charge in [-0.15, -0.1) is 5.10 Å². The lowest BCUT2D eigenvalue weighted by Crippen LogP contribution is -2.49. The molecular formula is C11H15FN6O4. The van der Waals surface area contributed by atoms with Gasteiger partial charge in [0.15, 0.2) is 17.1 Å². The molecule has 10 nitrogen and oxygen atoms in total. The van der Waals surface area contributed by atoms with E-state index in [1.807, 2.05) is 0 Å². The van der Waals surface area contributed by atoms with Crippen molar-refractivity contribution in [3.63, 3.8) is 0 Å². The van der Waals surface area contributed by atoms with E-state index in [2.05, 4.69) is 15.1 Å². The monoisotopic (exact) mass is 314 g/mol. The minimum Gasteiger partial charge on any atom is -0.394 e. The van der Waals surface area contributed by atoms with Crippen molar-refractivity contribution in [1.82, 2.24) is 19.6 Å². The summed E-state index contributed by atoms with van der Waals surface area (Å²) >= 11 is 0. The van der Waals surface area contributed by atoms with Gasteiger partial charge in [0.1, 0.15) is 17.9 Å². The van der Waals surface area contributed by atoms with Crippen LogP contribution in [0.5, 0.6) is 0 Å². The maximum absolute atomic E-state index is 14.9. The number of imidazole rings is 1. The van der Waals surface area contributed by atoms with Crippen molar-refractivity contribution in [2.24, 2.45) is 0 Å². The molecule has 0 unspecified atom stereocenters. The fourth-order valence-corrected chi connectivity index (χ4v) is 2.55. The molecule has 1 aliphatic heterocycles. The van der Waals surface area contributed by atoms with Crippen LogP contribution in [0.3, 0.4) is 0 Å². The SMILES string of the molecule is C[C@@]1(F)[C@H](O)[C@@H](CO)O[C@@]1(O)c1cnc2c(N)nc(N)nn12. The highest BCUT2D eigenvalue weighted by atomic mass is 19.1. The summed E-state index contributed by atoms with van der Waals surface area (Å²) in [4.78, 5) is 7.60. The number of nitrogens with zero attached hydrogens (tertiary/aromatic N) is 4. The predicted octanol–water partition coefficient (Wildman–Crippen LogP) is -2.09. The smallest absolute Gasteiger partial charge is 0.249 e. The summed E-state index contributed by atoms with van der Waals surface area (Å²) in [7, 11) is 0. The second-order valence-electron chi connectivity index (χ2n) is 5.24. The number of ether oxygens (including phenoxy) is 1. The van der Waals surface area contributed by atoms with E-state index in [4.69, 9.17) is 21.3 Å². The van der Waals surface area contributed by atoms with Crippen LogP contribution in [0.15, 0.2) is 6.20 Å². The van der Waals surface area contributed by atoms with E-state index in [9.17, 15) is 14.6 Å². The van der Waals surface area contributed by atoms with Gasteiger partial charge in [0.05, 0.1) is 12.8 Å². The first-order valence-corrected chi connectivity index (χ1v) is 6.37. The van der Waals surface area contributed by atoms with Crippen LogP contribution in [0.1, 0.15) is 12.6 Å². The summed E-state index contributed by atoms with van der Waals surface area (Å²) in [6, 6.07) is 0. The van der Waals surface area contributed by atoms with Crippen LogP contribution in [0.4, 0.5) is 16.2 Å². The van der Waals surface area contributed by atoms with Crippen molar-refractivity contribution in [2.45, 2.75) is 30.6 Å². The summed E-state index contributed by atoms with van der Waals surface area (Å²) in [5, 5.41) is 33.5. The summed E-state index contributed by atoms with van der Waals surface area (Å²) in [5.41, 5.74) is 8.30. The Bertz CT molecular complexity index is 737. The van der Waals surface area contributed by atoms with E-state index in [1.54, 1.807) is 0 Å². The molecule has 2 aromatic heterocycles. The number of aliphatic hydroxyl groups excluding tert-OH is 2. The molecule has 120 valence electrons. The lowest BCUT2D eigenvalue weighted by atomic mass is 9.90. The first-order valence-electron chi connectivity index (χ1n) is 6.37. The summed E-state index contributed by atoms with van der Waals surface area (Å²) in [5.74, 6) is -2.89. The number of nitrogens with two attached hydrogens (primary N) is 2. The number of aromatic nitrogens is 4. The fraction of sp³-hybridized carbons (Fsp3) is 0.545. The van der Waals surface area contributed by atoms with Crippen molar-refractivity contribution in [3.8, 4) is 0 Å². The largest absolute Gasteiger partial charge is 0.394 e. The van der Waals surface area contributed by atoms with E-state index < -0.39 is 30.3 Å². The summed E-state index contributed by atoms with van der Waals surface area (Å²) in [6.07, 6.45) is -1.99. The Morgan fingerprint density at radius 2 is 2.18 bits per heavy atom. The van der Waals surface area contributed by atoms with E-state index in [-0.39, 0.29) is 23.1 Å². The normalized spacial score (nSPS) is 35.3. The summed E-state index contributed by atoms with van der Waals surface area (Å²) < 4.78 is 21.0. The third-order valence-electron chi connectivity index (χ3n) is 3.82. The average Bonchev–Trinajstić information content (AvgIpc) is 2.93. The number of fused-ring (bicyclic) bond motifs is 1. The van der Waals surface area contributed by atoms with Crippen LogP contribution in [0.2, 0.25) is 0 Å². The molecule has 0 spiro atoms. The maximum Gasteiger partial charge on any atom is 0.249 e. The van der Waals surface area contributed by atoms with Crippen LogP contribution in [-0.4, -0.2) is 59.4 Å². The predicted molar refractivity (Wildman–Crippen MR) is 71.0 cm³/mol. The Balaban J connectivity index is 2.22. The lowest BCUT2D eigenvalue weighted by molar-refractivity contribution is -0.256. The number of hydrogen-bond donors (Lipinski definition) is 5. The molecular weight excluding hydrogens is 299 g/mol. The zero-order valence-electron chi connectivity index (χ0n) is 11.5. The molecule has 2 aromatic rings. The van der Waals surface area contributed by atoms with E-state index in [1.165, 1.54) is 0 Å². The molecule has 1 saturated heterocycles. The molecule has 0 radical (unpaired) electrons. The quantitative estimate of drug-likeness (QED) is 0.418. The second-order valence-corrected chi connectivity index (χ2v) is 5.24. The molecule has 0 bridgehead atoms. The molecule has 4 atom stereocenters. The third kappa shape index (κ3) is 1.70. The van der Waals surface area contributed by atoms with Gasteiger partial charge in [0.2, 0.25) is 11.7 Å². The number of alkyl halides is 1. The Morgan fingerprint density at radius 1 is 1.50 bits per heavy atom. The van der Waals surface area contributed by atoms with Gasteiger partial charge in [-0.1, -0.05) is 0 Å². The first-order chi connectivity index (χ1) is 10.2. The third-order valence-corrected chi connectivity index (χ3v) is 3.82. The number of nitrogen functional groups attached to an aromatic ring is 2. The zero-order chi connectivity index (χ0) is 16.3. The van der Waals surface area contributed by atoms with Crippen molar-refractivity contribution < 1.29 is 24.4 Å². The fourth-order valence-electron chi connectivity index (χ4n) is 2.55. The van der Waals surface area contributed by atoms with Gasteiger partial charge in [-0.25, -0.2) is 13.9 Å². The Morgan fingerprint density at radius 3 is 2.77 bits per heavy atom. The molecule has 0 amide bonds. The second kappa shape index (κ2) is 4.46. The highest BCUT2D eigenvalue weighted by molar-refractivity contribution is 5.61. The number of aliphatic hydroxyl groups is 3. The number of halogens is 1. The molecule has 0 aliphatic carbocycles. The van der Waals surface area contributed by atoms with E-state index in [0.717, 1.165) is 17.6 Å². The molecule has 3 rings (SSSR count).